The zero-order chi connectivity index (χ0) is 22.3. The van der Waals surface area contributed by atoms with E-state index in [0.717, 1.165) is 16.5 Å². The van der Waals surface area contributed by atoms with E-state index in [4.69, 9.17) is 4.74 Å². The van der Waals surface area contributed by atoms with Crippen molar-refractivity contribution in [1.82, 2.24) is 4.98 Å². The second-order valence-corrected chi connectivity index (χ2v) is 6.98. The molecule has 0 unspecified atom stereocenters. The minimum atomic E-state index is -0.348. The van der Waals surface area contributed by atoms with Crippen molar-refractivity contribution in [2.24, 2.45) is 0 Å². The Morgan fingerprint density at radius 1 is 0.906 bits per heavy atom. The SMILES string of the molecule is COc1cccc(NC(=O)c2ccccc2NC(=O)/C=C/c2cccc3cccnc23)c1. The smallest absolute Gasteiger partial charge is 0.257 e. The molecule has 4 aromatic rings. The van der Waals surface area contributed by atoms with Crippen LogP contribution in [-0.2, 0) is 4.79 Å². The van der Waals surface area contributed by atoms with Crippen LogP contribution in [0.3, 0.4) is 0 Å². The largest absolute Gasteiger partial charge is 0.497 e. The van der Waals surface area contributed by atoms with Gasteiger partial charge < -0.3 is 15.4 Å². The number of anilines is 2. The molecule has 0 saturated heterocycles. The van der Waals surface area contributed by atoms with Gasteiger partial charge in [0.1, 0.15) is 5.75 Å². The summed E-state index contributed by atoms with van der Waals surface area (Å²) in [6, 6.07) is 23.5. The molecule has 2 amide bonds. The summed E-state index contributed by atoms with van der Waals surface area (Å²) in [6.07, 6.45) is 4.86. The summed E-state index contributed by atoms with van der Waals surface area (Å²) >= 11 is 0. The lowest BCUT2D eigenvalue weighted by molar-refractivity contribution is -0.111. The Morgan fingerprint density at radius 3 is 2.59 bits per heavy atom. The number of methoxy groups -OCH3 is 1. The predicted octanol–water partition coefficient (Wildman–Crippen LogP) is 5.15. The number of nitrogens with one attached hydrogen (secondary N) is 2. The van der Waals surface area contributed by atoms with E-state index in [1.165, 1.54) is 6.08 Å². The van der Waals surface area contributed by atoms with Crippen molar-refractivity contribution in [3.8, 4) is 5.75 Å². The fourth-order valence-electron chi connectivity index (χ4n) is 3.29. The van der Waals surface area contributed by atoms with E-state index in [9.17, 15) is 9.59 Å². The Bertz CT molecular complexity index is 1310. The first-order chi connectivity index (χ1) is 15.6. The maximum absolute atomic E-state index is 12.8. The van der Waals surface area contributed by atoms with E-state index in [-0.39, 0.29) is 11.8 Å². The van der Waals surface area contributed by atoms with Crippen LogP contribution in [0.1, 0.15) is 15.9 Å². The number of nitrogens with zero attached hydrogens (tertiary/aromatic N) is 1. The highest BCUT2D eigenvalue weighted by Gasteiger charge is 2.13. The molecule has 158 valence electrons. The molecule has 0 aliphatic heterocycles. The van der Waals surface area contributed by atoms with Crippen LogP contribution >= 0.6 is 0 Å². The molecular formula is C26H21N3O3. The van der Waals surface area contributed by atoms with Crippen molar-refractivity contribution in [2.75, 3.05) is 17.7 Å². The van der Waals surface area contributed by atoms with Gasteiger partial charge in [-0.2, -0.15) is 0 Å². The number of aromatic nitrogens is 1. The number of hydrogen-bond acceptors (Lipinski definition) is 4. The quantitative estimate of drug-likeness (QED) is 0.421. The molecule has 0 aliphatic rings. The van der Waals surface area contributed by atoms with Crippen molar-refractivity contribution in [2.45, 2.75) is 0 Å². The first kappa shape index (κ1) is 20.8. The molecular weight excluding hydrogens is 402 g/mol. The topological polar surface area (TPSA) is 80.3 Å². The Balaban J connectivity index is 1.50. The van der Waals surface area contributed by atoms with E-state index < -0.39 is 0 Å². The van der Waals surface area contributed by atoms with Crippen molar-refractivity contribution in [3.05, 3.63) is 102 Å². The van der Waals surface area contributed by atoms with Crippen molar-refractivity contribution in [3.63, 3.8) is 0 Å². The number of rotatable bonds is 6. The normalized spacial score (nSPS) is 10.8. The molecule has 1 heterocycles. The zero-order valence-electron chi connectivity index (χ0n) is 17.4. The molecule has 0 spiro atoms. The molecule has 1 aromatic heterocycles. The Morgan fingerprint density at radius 2 is 1.72 bits per heavy atom. The average Bonchev–Trinajstić information content (AvgIpc) is 2.83. The number of hydrogen-bond donors (Lipinski definition) is 2. The van der Waals surface area contributed by atoms with Crippen LogP contribution in [0.2, 0.25) is 0 Å². The van der Waals surface area contributed by atoms with Gasteiger partial charge >= 0.3 is 0 Å². The van der Waals surface area contributed by atoms with E-state index in [0.29, 0.717) is 22.7 Å². The zero-order valence-corrected chi connectivity index (χ0v) is 17.4. The van der Waals surface area contributed by atoms with Gasteiger partial charge in [-0.3, -0.25) is 14.6 Å². The van der Waals surface area contributed by atoms with Gasteiger partial charge in [-0.25, -0.2) is 0 Å². The molecule has 2 N–H and O–H groups in total. The highest BCUT2D eigenvalue weighted by molar-refractivity contribution is 6.12. The third-order valence-electron chi connectivity index (χ3n) is 4.84. The van der Waals surface area contributed by atoms with Gasteiger partial charge in [0.05, 0.1) is 23.9 Å². The maximum atomic E-state index is 12.8. The third-order valence-corrected chi connectivity index (χ3v) is 4.84. The Kier molecular flexibility index (Phi) is 6.22. The van der Waals surface area contributed by atoms with Crippen LogP contribution in [0, 0.1) is 0 Å². The number of amides is 2. The lowest BCUT2D eigenvalue weighted by atomic mass is 10.1. The molecule has 0 bridgehead atoms. The van der Waals surface area contributed by atoms with E-state index in [1.807, 2.05) is 30.3 Å². The molecule has 0 radical (unpaired) electrons. The van der Waals surface area contributed by atoms with Crippen LogP contribution < -0.4 is 15.4 Å². The number of ether oxygens (including phenoxy) is 1. The first-order valence-corrected chi connectivity index (χ1v) is 10.0. The van der Waals surface area contributed by atoms with Crippen molar-refractivity contribution >= 4 is 40.2 Å². The van der Waals surface area contributed by atoms with Gasteiger partial charge in [0.25, 0.3) is 5.91 Å². The number of fused-ring (bicyclic) bond motifs is 1. The summed E-state index contributed by atoms with van der Waals surface area (Å²) in [6.45, 7) is 0. The van der Waals surface area contributed by atoms with Crippen LogP contribution in [0.5, 0.6) is 5.75 Å². The summed E-state index contributed by atoms with van der Waals surface area (Å²) < 4.78 is 5.19. The van der Waals surface area contributed by atoms with Crippen LogP contribution in [0.4, 0.5) is 11.4 Å². The van der Waals surface area contributed by atoms with Crippen molar-refractivity contribution in [1.29, 1.82) is 0 Å². The van der Waals surface area contributed by atoms with E-state index in [2.05, 4.69) is 15.6 Å². The van der Waals surface area contributed by atoms with Gasteiger partial charge in [-0.15, -0.1) is 0 Å². The molecule has 0 atom stereocenters. The summed E-state index contributed by atoms with van der Waals surface area (Å²) in [5, 5.41) is 6.61. The van der Waals surface area contributed by atoms with Crippen molar-refractivity contribution < 1.29 is 14.3 Å². The van der Waals surface area contributed by atoms with E-state index >= 15 is 0 Å². The number of pyridine rings is 1. The predicted molar refractivity (Wildman–Crippen MR) is 127 cm³/mol. The second kappa shape index (κ2) is 9.57. The monoisotopic (exact) mass is 423 g/mol. The number of carbonyl (C=O) groups is 2. The number of carbonyl (C=O) groups excluding carboxylic acids is 2. The summed E-state index contributed by atoms with van der Waals surface area (Å²) in [7, 11) is 1.56. The molecule has 32 heavy (non-hydrogen) atoms. The van der Waals surface area contributed by atoms with Gasteiger partial charge in [0, 0.05) is 35.0 Å². The van der Waals surface area contributed by atoms with Gasteiger partial charge in [-0.05, 0) is 36.4 Å². The van der Waals surface area contributed by atoms with Gasteiger partial charge in [0.2, 0.25) is 5.91 Å². The highest BCUT2D eigenvalue weighted by atomic mass is 16.5. The summed E-state index contributed by atoms with van der Waals surface area (Å²) in [4.78, 5) is 29.8. The Hall–Kier alpha value is -4.45. The fraction of sp³-hybridized carbons (Fsp3) is 0.0385. The molecule has 6 nitrogen and oxygen atoms in total. The van der Waals surface area contributed by atoms with Crippen LogP contribution in [0.25, 0.3) is 17.0 Å². The highest BCUT2D eigenvalue weighted by Crippen LogP contribution is 2.21. The molecule has 0 aliphatic carbocycles. The minimum Gasteiger partial charge on any atom is -0.497 e. The lowest BCUT2D eigenvalue weighted by Gasteiger charge is -2.11. The average molecular weight is 423 g/mol. The standard InChI is InChI=1S/C26H21N3O3/c1-32-21-11-5-10-20(17-21)28-26(31)22-12-2-3-13-23(22)29-24(30)15-14-19-8-4-7-18-9-6-16-27-25(18)19/h2-17H,1H3,(H,28,31)(H,29,30)/b15-14+. The Labute approximate surface area is 185 Å². The minimum absolute atomic E-state index is 0.337. The number of para-hydroxylation sites is 2. The second-order valence-electron chi connectivity index (χ2n) is 6.98. The molecule has 4 rings (SSSR count). The van der Waals surface area contributed by atoms with E-state index in [1.54, 1.807) is 67.9 Å². The van der Waals surface area contributed by atoms with Gasteiger partial charge in [-0.1, -0.05) is 42.5 Å². The fourth-order valence-corrected chi connectivity index (χ4v) is 3.29. The molecule has 6 heteroatoms. The molecule has 0 fully saturated rings. The number of benzene rings is 3. The molecule has 3 aromatic carbocycles. The summed E-state index contributed by atoms with van der Waals surface area (Å²) in [5.74, 6) is -0.0478. The lowest BCUT2D eigenvalue weighted by Crippen LogP contribution is -2.17. The molecule has 0 saturated carbocycles. The van der Waals surface area contributed by atoms with Crippen LogP contribution in [0.15, 0.2) is 91.1 Å². The first-order valence-electron chi connectivity index (χ1n) is 10.0. The van der Waals surface area contributed by atoms with Crippen LogP contribution in [-0.4, -0.2) is 23.9 Å². The third kappa shape index (κ3) is 4.82. The van der Waals surface area contributed by atoms with Gasteiger partial charge in [0.15, 0.2) is 0 Å². The maximum Gasteiger partial charge on any atom is 0.257 e. The summed E-state index contributed by atoms with van der Waals surface area (Å²) in [5.41, 5.74) is 3.01.